The Hall–Kier alpha value is -1.22. The molecule has 0 radical (unpaired) electrons. The quantitative estimate of drug-likeness (QED) is 0.744. The maximum Gasteiger partial charge on any atom is 0.240 e. The minimum atomic E-state index is -3.72. The van der Waals surface area contributed by atoms with Crippen LogP contribution < -0.4 is 10.5 Å². The number of nitrogen functional groups attached to an aromatic ring is 1. The Balaban J connectivity index is 1.89. The van der Waals surface area contributed by atoms with Crippen LogP contribution in [-0.4, -0.2) is 64.5 Å². The molecule has 0 bridgehead atoms. The number of piperazine rings is 1. The van der Waals surface area contributed by atoms with Gasteiger partial charge < -0.3 is 10.6 Å². The molecular weight excluding hydrogens is 295 g/mol. The molecule has 0 aliphatic carbocycles. The highest BCUT2D eigenvalue weighted by Gasteiger charge is 2.17. The van der Waals surface area contributed by atoms with Crippen LogP contribution in [0.4, 0.5) is 10.1 Å². The molecule has 118 valence electrons. The molecule has 1 fully saturated rings. The maximum absolute atomic E-state index is 13.2. The first-order chi connectivity index (χ1) is 9.87. The van der Waals surface area contributed by atoms with E-state index in [0.717, 1.165) is 38.3 Å². The summed E-state index contributed by atoms with van der Waals surface area (Å²) in [6.07, 6.45) is 0. The van der Waals surface area contributed by atoms with Crippen molar-refractivity contribution in [3.05, 3.63) is 24.0 Å². The van der Waals surface area contributed by atoms with Crippen LogP contribution in [-0.2, 0) is 10.0 Å². The number of likely N-dealkylation sites (N-methyl/N-ethyl adjacent to an activating group) is 1. The van der Waals surface area contributed by atoms with E-state index in [4.69, 9.17) is 5.73 Å². The van der Waals surface area contributed by atoms with Gasteiger partial charge in [0.1, 0.15) is 5.82 Å². The zero-order valence-corrected chi connectivity index (χ0v) is 12.9. The maximum atomic E-state index is 13.2. The lowest BCUT2D eigenvalue weighted by Gasteiger charge is -2.32. The molecule has 1 aromatic rings. The first kappa shape index (κ1) is 16.2. The number of nitrogens with zero attached hydrogens (tertiary/aromatic N) is 2. The Morgan fingerprint density at radius 2 is 1.90 bits per heavy atom. The van der Waals surface area contributed by atoms with E-state index in [-0.39, 0.29) is 10.6 Å². The molecule has 1 aliphatic heterocycles. The average molecular weight is 316 g/mol. The van der Waals surface area contributed by atoms with E-state index in [2.05, 4.69) is 21.6 Å². The number of hydrogen-bond acceptors (Lipinski definition) is 5. The monoisotopic (exact) mass is 316 g/mol. The Bertz CT molecular complexity index is 566. The molecule has 0 aromatic heterocycles. The summed E-state index contributed by atoms with van der Waals surface area (Å²) in [6.45, 7) is 4.73. The predicted molar refractivity (Wildman–Crippen MR) is 79.9 cm³/mol. The topological polar surface area (TPSA) is 78.7 Å². The van der Waals surface area contributed by atoms with Crippen molar-refractivity contribution in [2.75, 3.05) is 52.0 Å². The molecule has 1 aliphatic rings. The van der Waals surface area contributed by atoms with E-state index in [1.54, 1.807) is 0 Å². The predicted octanol–water partition coefficient (Wildman–Crippen LogP) is -0.0664. The normalized spacial score (nSPS) is 18.0. The van der Waals surface area contributed by atoms with E-state index < -0.39 is 15.8 Å². The molecule has 1 aromatic carbocycles. The summed E-state index contributed by atoms with van der Waals surface area (Å²) in [7, 11) is -1.66. The zero-order valence-electron chi connectivity index (χ0n) is 12.0. The fourth-order valence-electron chi connectivity index (χ4n) is 2.23. The molecule has 21 heavy (non-hydrogen) atoms. The van der Waals surface area contributed by atoms with Gasteiger partial charge in [-0.1, -0.05) is 0 Å². The number of halogens is 1. The lowest BCUT2D eigenvalue weighted by molar-refractivity contribution is 0.156. The molecule has 0 unspecified atom stereocenters. The first-order valence-corrected chi connectivity index (χ1v) is 8.32. The van der Waals surface area contributed by atoms with Crippen molar-refractivity contribution in [1.29, 1.82) is 0 Å². The van der Waals surface area contributed by atoms with Crippen molar-refractivity contribution in [3.8, 4) is 0 Å². The number of nitrogens with one attached hydrogen (secondary N) is 1. The Morgan fingerprint density at radius 1 is 1.24 bits per heavy atom. The van der Waals surface area contributed by atoms with Crippen LogP contribution >= 0.6 is 0 Å². The fourth-order valence-corrected chi connectivity index (χ4v) is 3.32. The van der Waals surface area contributed by atoms with Gasteiger partial charge in [0.05, 0.1) is 4.90 Å². The number of hydrogen-bond donors (Lipinski definition) is 2. The highest BCUT2D eigenvalue weighted by atomic mass is 32.2. The molecule has 0 saturated carbocycles. The molecule has 1 saturated heterocycles. The van der Waals surface area contributed by atoms with Crippen molar-refractivity contribution in [3.63, 3.8) is 0 Å². The van der Waals surface area contributed by atoms with Crippen molar-refractivity contribution in [1.82, 2.24) is 14.5 Å². The smallest absolute Gasteiger partial charge is 0.240 e. The zero-order chi connectivity index (χ0) is 15.5. The van der Waals surface area contributed by atoms with Crippen molar-refractivity contribution in [2.24, 2.45) is 0 Å². The van der Waals surface area contributed by atoms with Crippen LogP contribution in [0.1, 0.15) is 0 Å². The third-order valence-corrected chi connectivity index (χ3v) is 4.96. The summed E-state index contributed by atoms with van der Waals surface area (Å²) in [6, 6.07) is 3.30. The SMILES string of the molecule is CN1CCN(CCNS(=O)(=O)c2cc(N)cc(F)c2)CC1. The van der Waals surface area contributed by atoms with Crippen LogP contribution in [0.25, 0.3) is 0 Å². The van der Waals surface area contributed by atoms with Crippen molar-refractivity contribution < 1.29 is 12.8 Å². The molecule has 8 heteroatoms. The summed E-state index contributed by atoms with van der Waals surface area (Å²) in [5.41, 5.74) is 5.56. The lowest BCUT2D eigenvalue weighted by Crippen LogP contribution is -2.46. The molecule has 0 atom stereocenters. The molecule has 0 amide bonds. The van der Waals surface area contributed by atoms with Crippen LogP contribution in [0, 0.1) is 5.82 Å². The highest BCUT2D eigenvalue weighted by molar-refractivity contribution is 7.89. The number of benzene rings is 1. The van der Waals surface area contributed by atoms with Gasteiger partial charge in [0, 0.05) is 45.0 Å². The van der Waals surface area contributed by atoms with Gasteiger partial charge in [-0.25, -0.2) is 17.5 Å². The number of sulfonamides is 1. The van der Waals surface area contributed by atoms with Crippen LogP contribution in [0.3, 0.4) is 0 Å². The Labute approximate surface area is 124 Å². The summed E-state index contributed by atoms with van der Waals surface area (Å²) in [5, 5.41) is 0. The van der Waals surface area contributed by atoms with Gasteiger partial charge in [0.15, 0.2) is 0 Å². The third kappa shape index (κ3) is 4.63. The lowest BCUT2D eigenvalue weighted by atomic mass is 10.3. The minimum Gasteiger partial charge on any atom is -0.399 e. The van der Waals surface area contributed by atoms with Crippen LogP contribution in [0.2, 0.25) is 0 Å². The molecule has 6 nitrogen and oxygen atoms in total. The van der Waals surface area contributed by atoms with Gasteiger partial charge in [-0.15, -0.1) is 0 Å². The molecule has 1 heterocycles. The second-order valence-electron chi connectivity index (χ2n) is 5.26. The molecular formula is C13H21FN4O2S. The number of rotatable bonds is 5. The van der Waals surface area contributed by atoms with Crippen molar-refractivity contribution >= 4 is 15.7 Å². The van der Waals surface area contributed by atoms with E-state index in [1.807, 2.05) is 0 Å². The van der Waals surface area contributed by atoms with Gasteiger partial charge in [0.25, 0.3) is 0 Å². The van der Waals surface area contributed by atoms with E-state index in [0.29, 0.717) is 13.1 Å². The van der Waals surface area contributed by atoms with Gasteiger partial charge >= 0.3 is 0 Å². The van der Waals surface area contributed by atoms with Crippen LogP contribution in [0.15, 0.2) is 23.1 Å². The Kier molecular flexibility index (Phi) is 5.15. The fraction of sp³-hybridized carbons (Fsp3) is 0.538. The van der Waals surface area contributed by atoms with Crippen molar-refractivity contribution in [2.45, 2.75) is 4.90 Å². The molecule has 2 rings (SSSR count). The summed E-state index contributed by atoms with van der Waals surface area (Å²) >= 11 is 0. The molecule has 0 spiro atoms. The third-order valence-electron chi connectivity index (χ3n) is 3.52. The van der Waals surface area contributed by atoms with Crippen LogP contribution in [0.5, 0.6) is 0 Å². The van der Waals surface area contributed by atoms with E-state index in [9.17, 15) is 12.8 Å². The second kappa shape index (κ2) is 6.69. The number of nitrogens with two attached hydrogens (primary N) is 1. The first-order valence-electron chi connectivity index (χ1n) is 6.83. The summed E-state index contributed by atoms with van der Waals surface area (Å²) < 4.78 is 39.8. The summed E-state index contributed by atoms with van der Waals surface area (Å²) in [4.78, 5) is 4.29. The van der Waals surface area contributed by atoms with E-state index >= 15 is 0 Å². The van der Waals surface area contributed by atoms with Gasteiger partial charge in [-0.3, -0.25) is 4.90 Å². The molecule has 3 N–H and O–H groups in total. The average Bonchev–Trinajstić information content (AvgIpc) is 2.40. The second-order valence-corrected chi connectivity index (χ2v) is 7.03. The van der Waals surface area contributed by atoms with Gasteiger partial charge in [-0.05, 0) is 25.2 Å². The highest BCUT2D eigenvalue weighted by Crippen LogP contribution is 2.15. The minimum absolute atomic E-state index is 0.0921. The van der Waals surface area contributed by atoms with Gasteiger partial charge in [0.2, 0.25) is 10.0 Å². The Morgan fingerprint density at radius 3 is 2.52 bits per heavy atom. The number of anilines is 1. The van der Waals surface area contributed by atoms with E-state index in [1.165, 1.54) is 6.07 Å². The largest absolute Gasteiger partial charge is 0.399 e. The van der Waals surface area contributed by atoms with Gasteiger partial charge in [-0.2, -0.15) is 0 Å². The standard InChI is InChI=1S/C13H21FN4O2S/c1-17-4-6-18(7-5-17)3-2-16-21(19,20)13-9-11(14)8-12(15)10-13/h8-10,16H,2-7,15H2,1H3. The summed E-state index contributed by atoms with van der Waals surface area (Å²) in [5.74, 6) is -0.658.